The highest BCUT2D eigenvalue weighted by molar-refractivity contribution is 6.09. The summed E-state index contributed by atoms with van der Waals surface area (Å²) in [7, 11) is 1.50. The fourth-order valence-corrected chi connectivity index (χ4v) is 2.19. The van der Waals surface area contributed by atoms with E-state index in [-0.39, 0.29) is 11.6 Å². The number of allylic oxidation sites excluding steroid dienone is 1. The van der Waals surface area contributed by atoms with Crippen molar-refractivity contribution in [2.75, 3.05) is 7.11 Å². The Morgan fingerprint density at radius 1 is 1.27 bits per heavy atom. The summed E-state index contributed by atoms with van der Waals surface area (Å²) in [4.78, 5) is 16.6. The average molecular weight is 299 g/mol. The first-order valence-corrected chi connectivity index (χ1v) is 6.90. The van der Waals surface area contributed by atoms with Crippen molar-refractivity contribution in [2.45, 2.75) is 20.3 Å². The van der Waals surface area contributed by atoms with E-state index in [1.54, 1.807) is 31.3 Å². The van der Waals surface area contributed by atoms with Crippen LogP contribution in [0.25, 0.3) is 0 Å². The lowest BCUT2D eigenvalue weighted by Gasteiger charge is -2.10. The summed E-state index contributed by atoms with van der Waals surface area (Å²) >= 11 is 0. The first-order valence-electron chi connectivity index (χ1n) is 6.90. The van der Waals surface area contributed by atoms with E-state index < -0.39 is 0 Å². The molecule has 114 valence electrons. The summed E-state index contributed by atoms with van der Waals surface area (Å²) in [6, 6.07) is 6.41. The molecule has 0 amide bonds. The number of Topliss-reactive ketones (excluding diaryl/α,β-unsaturated/α-hetero) is 1. The van der Waals surface area contributed by atoms with Crippen LogP contribution in [0, 0.1) is 19.7 Å². The summed E-state index contributed by atoms with van der Waals surface area (Å²) < 4.78 is 18.3. The Labute approximate surface area is 129 Å². The molecule has 1 heterocycles. The molecule has 0 spiro atoms. The van der Waals surface area contributed by atoms with Crippen LogP contribution < -0.4 is 4.74 Å². The Morgan fingerprint density at radius 2 is 2.00 bits per heavy atom. The van der Waals surface area contributed by atoms with Gasteiger partial charge in [0.1, 0.15) is 5.82 Å². The number of aromatic nitrogens is 1. The lowest BCUT2D eigenvalue weighted by molar-refractivity contribution is 0.103. The normalized spacial score (nSPS) is 10.4. The second kappa shape index (κ2) is 6.52. The Hall–Kier alpha value is -2.49. The molecule has 3 nitrogen and oxygen atoms in total. The summed E-state index contributed by atoms with van der Waals surface area (Å²) in [6.07, 6.45) is 1.98. The number of carbonyl (C=O) groups excluding carboxylic acids is 1. The van der Waals surface area contributed by atoms with Gasteiger partial charge in [-0.15, -0.1) is 0 Å². The Morgan fingerprint density at radius 3 is 2.64 bits per heavy atom. The van der Waals surface area contributed by atoms with Crippen LogP contribution in [0.15, 0.2) is 42.6 Å². The van der Waals surface area contributed by atoms with Crippen LogP contribution >= 0.6 is 0 Å². The van der Waals surface area contributed by atoms with Crippen molar-refractivity contribution in [3.63, 3.8) is 0 Å². The largest absolute Gasteiger partial charge is 0.481 e. The van der Waals surface area contributed by atoms with Crippen molar-refractivity contribution in [2.24, 2.45) is 0 Å². The van der Waals surface area contributed by atoms with E-state index in [1.165, 1.54) is 13.2 Å². The predicted molar refractivity (Wildman–Crippen MR) is 83.8 cm³/mol. The molecule has 22 heavy (non-hydrogen) atoms. The molecule has 0 aliphatic heterocycles. The smallest absolute Gasteiger partial charge is 0.213 e. The van der Waals surface area contributed by atoms with E-state index in [1.807, 2.05) is 6.92 Å². The molecule has 0 fully saturated rings. The maximum absolute atomic E-state index is 13.3. The average Bonchev–Trinajstić information content (AvgIpc) is 2.50. The molecule has 1 aromatic carbocycles. The minimum absolute atomic E-state index is 0.153. The Kier molecular flexibility index (Phi) is 4.71. The monoisotopic (exact) mass is 299 g/mol. The number of carbonyl (C=O) groups is 1. The zero-order chi connectivity index (χ0) is 16.3. The number of halogens is 1. The van der Waals surface area contributed by atoms with Crippen molar-refractivity contribution in [3.05, 3.63) is 70.7 Å². The van der Waals surface area contributed by atoms with Crippen LogP contribution in [0.2, 0.25) is 0 Å². The molecule has 0 aliphatic carbocycles. The minimum atomic E-state index is -0.254. The van der Waals surface area contributed by atoms with Gasteiger partial charge in [0.15, 0.2) is 5.78 Å². The third kappa shape index (κ3) is 3.39. The third-order valence-corrected chi connectivity index (χ3v) is 3.49. The molecule has 0 aliphatic rings. The zero-order valence-corrected chi connectivity index (χ0v) is 12.9. The molecule has 0 bridgehead atoms. The van der Waals surface area contributed by atoms with Crippen molar-refractivity contribution < 1.29 is 13.9 Å². The maximum atomic E-state index is 13.3. The fourth-order valence-electron chi connectivity index (χ4n) is 2.19. The number of benzene rings is 1. The standard InChI is InChI=1S/C18H18FNO2/c1-11-7-14(5-6-16(11)19)8-12(2)18(21)15-9-17(22-4)20-10-13(15)3/h5-7,9-10H,2,8H2,1,3-4H3. The molecule has 0 saturated heterocycles. The molecular weight excluding hydrogens is 281 g/mol. The summed E-state index contributed by atoms with van der Waals surface area (Å²) in [6.45, 7) is 7.38. The van der Waals surface area contributed by atoms with Crippen LogP contribution in [0.4, 0.5) is 4.39 Å². The van der Waals surface area contributed by atoms with Gasteiger partial charge in [0.2, 0.25) is 5.88 Å². The summed E-state index contributed by atoms with van der Waals surface area (Å²) in [5.41, 5.74) is 3.15. The van der Waals surface area contributed by atoms with Crippen molar-refractivity contribution in [1.29, 1.82) is 0 Å². The van der Waals surface area contributed by atoms with E-state index >= 15 is 0 Å². The lowest BCUT2D eigenvalue weighted by Crippen LogP contribution is -2.08. The van der Waals surface area contributed by atoms with Gasteiger partial charge in [-0.25, -0.2) is 9.37 Å². The van der Waals surface area contributed by atoms with E-state index in [0.29, 0.717) is 29.0 Å². The lowest BCUT2D eigenvalue weighted by atomic mass is 9.96. The number of ether oxygens (including phenoxy) is 1. The van der Waals surface area contributed by atoms with Gasteiger partial charge in [-0.05, 0) is 42.2 Å². The highest BCUT2D eigenvalue weighted by atomic mass is 19.1. The van der Waals surface area contributed by atoms with Crippen LogP contribution in [0.5, 0.6) is 5.88 Å². The third-order valence-electron chi connectivity index (χ3n) is 3.49. The van der Waals surface area contributed by atoms with Crippen molar-refractivity contribution >= 4 is 5.78 Å². The van der Waals surface area contributed by atoms with Gasteiger partial charge in [0.25, 0.3) is 0 Å². The Bertz CT molecular complexity index is 738. The van der Waals surface area contributed by atoms with Crippen LogP contribution in [-0.2, 0) is 6.42 Å². The van der Waals surface area contributed by atoms with Gasteiger partial charge in [0.05, 0.1) is 7.11 Å². The van der Waals surface area contributed by atoms with Gasteiger partial charge in [-0.1, -0.05) is 18.7 Å². The van der Waals surface area contributed by atoms with E-state index in [9.17, 15) is 9.18 Å². The second-order valence-electron chi connectivity index (χ2n) is 5.23. The van der Waals surface area contributed by atoms with Gasteiger partial charge in [-0.2, -0.15) is 0 Å². The quantitative estimate of drug-likeness (QED) is 0.622. The molecular formula is C18H18FNO2. The van der Waals surface area contributed by atoms with E-state index in [2.05, 4.69) is 11.6 Å². The highest BCUT2D eigenvalue weighted by Crippen LogP contribution is 2.20. The number of rotatable bonds is 5. The second-order valence-corrected chi connectivity index (χ2v) is 5.23. The molecule has 2 rings (SSSR count). The first-order chi connectivity index (χ1) is 10.4. The molecule has 0 radical (unpaired) electrons. The molecule has 2 aromatic rings. The molecule has 0 atom stereocenters. The molecule has 0 saturated carbocycles. The number of aryl methyl sites for hydroxylation is 2. The topological polar surface area (TPSA) is 39.2 Å². The first kappa shape index (κ1) is 15.9. The minimum Gasteiger partial charge on any atom is -0.481 e. The van der Waals surface area contributed by atoms with Crippen molar-refractivity contribution in [1.82, 2.24) is 4.98 Å². The van der Waals surface area contributed by atoms with Gasteiger partial charge in [0, 0.05) is 24.2 Å². The van der Waals surface area contributed by atoms with Crippen LogP contribution in [-0.4, -0.2) is 17.9 Å². The van der Waals surface area contributed by atoms with Crippen LogP contribution in [0.3, 0.4) is 0 Å². The summed E-state index contributed by atoms with van der Waals surface area (Å²) in [5, 5.41) is 0. The van der Waals surface area contributed by atoms with Crippen molar-refractivity contribution in [3.8, 4) is 5.88 Å². The number of methoxy groups -OCH3 is 1. The SMILES string of the molecule is C=C(Cc1ccc(F)c(C)c1)C(=O)c1cc(OC)ncc1C. The number of nitrogens with zero attached hydrogens (tertiary/aromatic N) is 1. The number of ketones is 1. The van der Waals surface area contributed by atoms with Gasteiger partial charge in [-0.3, -0.25) is 4.79 Å². The number of pyridine rings is 1. The fraction of sp³-hybridized carbons (Fsp3) is 0.222. The predicted octanol–water partition coefficient (Wildman–Crippen LogP) is 3.83. The Balaban J connectivity index is 2.22. The summed E-state index contributed by atoms with van der Waals surface area (Å²) in [5.74, 6) is -0.0186. The molecule has 1 aromatic heterocycles. The van der Waals surface area contributed by atoms with Gasteiger partial charge >= 0.3 is 0 Å². The van der Waals surface area contributed by atoms with E-state index in [4.69, 9.17) is 4.74 Å². The molecule has 4 heteroatoms. The number of hydrogen-bond acceptors (Lipinski definition) is 3. The molecule has 0 N–H and O–H groups in total. The molecule has 0 unspecified atom stereocenters. The number of hydrogen-bond donors (Lipinski definition) is 0. The zero-order valence-electron chi connectivity index (χ0n) is 12.9. The van der Waals surface area contributed by atoms with Crippen LogP contribution in [0.1, 0.15) is 27.0 Å². The maximum Gasteiger partial charge on any atom is 0.213 e. The van der Waals surface area contributed by atoms with Gasteiger partial charge < -0.3 is 4.74 Å². The van der Waals surface area contributed by atoms with E-state index in [0.717, 1.165) is 11.1 Å². The highest BCUT2D eigenvalue weighted by Gasteiger charge is 2.15.